The number of carbonyl (C=O) groups is 2. The number of carbonyl (C=O) groups excluding carboxylic acids is 2. The largest absolute Gasteiger partial charge is 0.492 e. The number of rotatable bonds is 17. The Morgan fingerprint density at radius 3 is 2.30 bits per heavy atom. The maximum absolute atomic E-state index is 11.9. The lowest BCUT2D eigenvalue weighted by Gasteiger charge is -2.36. The third kappa shape index (κ3) is 10.7. The number of para-hydroxylation sites is 2. The van der Waals surface area contributed by atoms with Gasteiger partial charge >= 0.3 is 11.9 Å². The van der Waals surface area contributed by atoms with E-state index in [0.717, 1.165) is 82.9 Å². The molecule has 1 fully saturated rings. The normalized spacial score (nSPS) is 13.6. The topological polar surface area (TPSA) is 71.5 Å². The summed E-state index contributed by atoms with van der Waals surface area (Å²) in [5, 5.41) is 0. The van der Waals surface area contributed by atoms with E-state index >= 15 is 0 Å². The van der Waals surface area contributed by atoms with Crippen molar-refractivity contribution in [1.82, 2.24) is 9.80 Å². The molecule has 3 aromatic carbocycles. The van der Waals surface area contributed by atoms with Gasteiger partial charge in [0.05, 0.1) is 19.3 Å². The average molecular weight is 602 g/mol. The Bertz CT molecular complexity index is 1280. The van der Waals surface area contributed by atoms with Gasteiger partial charge in [-0.25, -0.2) is 4.79 Å². The van der Waals surface area contributed by atoms with Crippen LogP contribution in [-0.4, -0.2) is 87.9 Å². The molecular formula is C36H47N3O5. The van der Waals surface area contributed by atoms with E-state index in [1.807, 2.05) is 37.3 Å². The molecule has 0 aliphatic carbocycles. The van der Waals surface area contributed by atoms with Gasteiger partial charge in [-0.15, -0.1) is 0 Å². The molecule has 0 amide bonds. The van der Waals surface area contributed by atoms with Crippen molar-refractivity contribution in [2.24, 2.45) is 0 Å². The molecule has 4 rings (SSSR count). The van der Waals surface area contributed by atoms with E-state index in [9.17, 15) is 9.59 Å². The number of piperazine rings is 1. The van der Waals surface area contributed by atoms with Crippen LogP contribution in [0.2, 0.25) is 0 Å². The number of esters is 2. The van der Waals surface area contributed by atoms with Crippen molar-refractivity contribution in [2.75, 3.05) is 71.0 Å². The molecule has 0 saturated carbocycles. The fourth-order valence-corrected chi connectivity index (χ4v) is 5.51. The summed E-state index contributed by atoms with van der Waals surface area (Å²) in [6.45, 7) is 10.4. The van der Waals surface area contributed by atoms with Crippen LogP contribution in [0.25, 0.3) is 0 Å². The lowest BCUT2D eigenvalue weighted by molar-refractivity contribution is -0.143. The van der Waals surface area contributed by atoms with Gasteiger partial charge in [-0.05, 0) is 74.2 Å². The molecule has 0 unspecified atom stereocenters. The molecule has 1 saturated heterocycles. The summed E-state index contributed by atoms with van der Waals surface area (Å²) in [4.78, 5) is 31.0. The standard InChI is InChI=1S/C36H47N3O5/c1-3-43-35(40)15-9-10-21-38(29-30-16-18-32(19-17-30)36(41)42-2)22-20-31-11-7-8-14-34(31)44-28-27-37-23-25-39(26-24-37)33-12-5-4-6-13-33/h4-8,11-14,16-19H,3,9-10,15,20-29H2,1-2H3. The van der Waals surface area contributed by atoms with Crippen molar-refractivity contribution in [3.05, 3.63) is 95.6 Å². The molecule has 3 aromatic rings. The summed E-state index contributed by atoms with van der Waals surface area (Å²) in [6, 6.07) is 26.5. The van der Waals surface area contributed by atoms with Crippen LogP contribution >= 0.6 is 0 Å². The molecule has 1 aliphatic rings. The summed E-state index contributed by atoms with van der Waals surface area (Å²) in [6.07, 6.45) is 2.97. The van der Waals surface area contributed by atoms with Gasteiger partial charge in [-0.2, -0.15) is 0 Å². The van der Waals surface area contributed by atoms with Gasteiger partial charge < -0.3 is 19.1 Å². The molecule has 8 heteroatoms. The monoisotopic (exact) mass is 601 g/mol. The van der Waals surface area contributed by atoms with Gasteiger partial charge in [-0.3, -0.25) is 14.6 Å². The van der Waals surface area contributed by atoms with E-state index in [4.69, 9.17) is 14.2 Å². The van der Waals surface area contributed by atoms with Crippen molar-refractivity contribution in [1.29, 1.82) is 0 Å². The third-order valence-electron chi connectivity index (χ3n) is 8.02. The van der Waals surface area contributed by atoms with E-state index in [2.05, 4.69) is 63.2 Å². The number of hydrogen-bond donors (Lipinski definition) is 0. The molecule has 0 aromatic heterocycles. The first kappa shape index (κ1) is 33.0. The van der Waals surface area contributed by atoms with E-state index in [1.165, 1.54) is 18.4 Å². The van der Waals surface area contributed by atoms with Crippen molar-refractivity contribution in [3.8, 4) is 5.75 Å². The summed E-state index contributed by atoms with van der Waals surface area (Å²) >= 11 is 0. The average Bonchev–Trinajstić information content (AvgIpc) is 3.06. The van der Waals surface area contributed by atoms with Crippen LogP contribution in [0.15, 0.2) is 78.9 Å². The van der Waals surface area contributed by atoms with Crippen LogP contribution in [0.5, 0.6) is 5.75 Å². The number of hydrogen-bond acceptors (Lipinski definition) is 8. The molecule has 0 N–H and O–H groups in total. The minimum atomic E-state index is -0.335. The minimum absolute atomic E-state index is 0.137. The maximum Gasteiger partial charge on any atom is 0.337 e. The van der Waals surface area contributed by atoms with Crippen LogP contribution in [0.4, 0.5) is 5.69 Å². The maximum atomic E-state index is 11.9. The molecular weight excluding hydrogens is 554 g/mol. The van der Waals surface area contributed by atoms with Gasteiger partial charge in [0.2, 0.25) is 0 Å². The van der Waals surface area contributed by atoms with Crippen LogP contribution in [0.3, 0.4) is 0 Å². The Hall–Kier alpha value is -3.88. The molecule has 44 heavy (non-hydrogen) atoms. The Morgan fingerprint density at radius 2 is 1.57 bits per heavy atom. The first-order chi connectivity index (χ1) is 21.6. The van der Waals surface area contributed by atoms with Gasteiger partial charge in [-0.1, -0.05) is 48.5 Å². The third-order valence-corrected chi connectivity index (χ3v) is 8.02. The molecule has 0 bridgehead atoms. The highest BCUT2D eigenvalue weighted by Crippen LogP contribution is 2.21. The molecule has 1 aliphatic heterocycles. The Kier molecular flexibility index (Phi) is 13.5. The van der Waals surface area contributed by atoms with Crippen molar-refractivity contribution in [3.63, 3.8) is 0 Å². The number of nitrogens with zero attached hydrogens (tertiary/aromatic N) is 3. The quantitative estimate of drug-likeness (QED) is 0.149. The second-order valence-electron chi connectivity index (χ2n) is 11.1. The van der Waals surface area contributed by atoms with Crippen LogP contribution in [0, 0.1) is 0 Å². The Balaban J connectivity index is 1.28. The number of ether oxygens (including phenoxy) is 3. The van der Waals surface area contributed by atoms with Crippen LogP contribution < -0.4 is 9.64 Å². The second-order valence-corrected chi connectivity index (χ2v) is 11.1. The van der Waals surface area contributed by atoms with Crippen molar-refractivity contribution < 1.29 is 23.8 Å². The van der Waals surface area contributed by atoms with Gasteiger partial charge in [0.25, 0.3) is 0 Å². The summed E-state index contributed by atoms with van der Waals surface area (Å²) in [5.74, 6) is 0.472. The van der Waals surface area contributed by atoms with Crippen LogP contribution in [-0.2, 0) is 27.2 Å². The van der Waals surface area contributed by atoms with E-state index < -0.39 is 0 Å². The molecule has 0 radical (unpaired) electrons. The highest BCUT2D eigenvalue weighted by molar-refractivity contribution is 5.89. The highest BCUT2D eigenvalue weighted by Gasteiger charge is 2.17. The summed E-state index contributed by atoms with van der Waals surface area (Å²) < 4.78 is 16.3. The summed E-state index contributed by atoms with van der Waals surface area (Å²) in [5.41, 5.74) is 4.16. The van der Waals surface area contributed by atoms with E-state index in [1.54, 1.807) is 0 Å². The zero-order valence-electron chi connectivity index (χ0n) is 26.3. The first-order valence-electron chi connectivity index (χ1n) is 15.8. The number of benzene rings is 3. The molecule has 0 spiro atoms. The highest BCUT2D eigenvalue weighted by atomic mass is 16.5. The van der Waals surface area contributed by atoms with E-state index in [-0.39, 0.29) is 11.9 Å². The van der Waals surface area contributed by atoms with Gasteiger partial charge in [0, 0.05) is 57.9 Å². The predicted molar refractivity (Wildman–Crippen MR) is 174 cm³/mol. The molecule has 0 atom stereocenters. The van der Waals surface area contributed by atoms with Gasteiger partial charge in [0.15, 0.2) is 0 Å². The Labute approximate surface area is 262 Å². The fourth-order valence-electron chi connectivity index (χ4n) is 5.51. The Morgan fingerprint density at radius 1 is 0.841 bits per heavy atom. The lowest BCUT2D eigenvalue weighted by atomic mass is 10.1. The number of methoxy groups -OCH3 is 1. The zero-order chi connectivity index (χ0) is 31.0. The first-order valence-corrected chi connectivity index (χ1v) is 15.8. The zero-order valence-corrected chi connectivity index (χ0v) is 26.3. The molecule has 1 heterocycles. The smallest absolute Gasteiger partial charge is 0.337 e. The fraction of sp³-hybridized carbons (Fsp3) is 0.444. The van der Waals surface area contributed by atoms with E-state index in [0.29, 0.717) is 25.2 Å². The second kappa shape index (κ2) is 18.0. The SMILES string of the molecule is CCOC(=O)CCCCN(CCc1ccccc1OCCN1CCN(c2ccccc2)CC1)Cc1ccc(C(=O)OC)cc1. The number of anilines is 1. The summed E-state index contributed by atoms with van der Waals surface area (Å²) in [7, 11) is 1.39. The minimum Gasteiger partial charge on any atom is -0.492 e. The van der Waals surface area contributed by atoms with Crippen molar-refractivity contribution in [2.45, 2.75) is 39.2 Å². The van der Waals surface area contributed by atoms with Crippen molar-refractivity contribution >= 4 is 17.6 Å². The van der Waals surface area contributed by atoms with Crippen LogP contribution in [0.1, 0.15) is 47.7 Å². The molecule has 8 nitrogen and oxygen atoms in total. The predicted octanol–water partition coefficient (Wildman–Crippen LogP) is 5.45. The number of unbranched alkanes of at least 4 members (excludes halogenated alkanes) is 1. The molecule has 236 valence electrons. The lowest BCUT2D eigenvalue weighted by Crippen LogP contribution is -2.47. The van der Waals surface area contributed by atoms with Gasteiger partial charge in [0.1, 0.15) is 12.4 Å².